The SMILES string of the molecule is CCCNc1ncnc(Sc2ncc(C)cn2)c1C(C)C. The topological polar surface area (TPSA) is 63.6 Å². The van der Waals surface area contributed by atoms with E-state index in [1.54, 1.807) is 6.33 Å². The molecule has 2 rings (SSSR count). The number of nitrogens with one attached hydrogen (secondary N) is 1. The van der Waals surface area contributed by atoms with E-state index in [4.69, 9.17) is 0 Å². The fraction of sp³-hybridized carbons (Fsp3) is 0.467. The molecule has 21 heavy (non-hydrogen) atoms. The zero-order valence-electron chi connectivity index (χ0n) is 12.9. The quantitative estimate of drug-likeness (QED) is 0.649. The first-order chi connectivity index (χ1) is 10.1. The maximum Gasteiger partial charge on any atom is 0.193 e. The predicted octanol–water partition coefficient (Wildman–Crippen LogP) is 3.67. The summed E-state index contributed by atoms with van der Waals surface area (Å²) in [6.07, 6.45) is 6.30. The Hall–Kier alpha value is -1.69. The molecule has 0 saturated carbocycles. The summed E-state index contributed by atoms with van der Waals surface area (Å²) in [7, 11) is 0. The second-order valence-corrected chi connectivity index (χ2v) is 6.12. The molecule has 0 aliphatic rings. The van der Waals surface area contributed by atoms with Gasteiger partial charge < -0.3 is 5.32 Å². The van der Waals surface area contributed by atoms with Gasteiger partial charge in [0.05, 0.1) is 0 Å². The lowest BCUT2D eigenvalue weighted by atomic mass is 10.1. The van der Waals surface area contributed by atoms with E-state index in [0.29, 0.717) is 11.1 Å². The van der Waals surface area contributed by atoms with Crippen LogP contribution in [-0.4, -0.2) is 26.5 Å². The Labute approximate surface area is 130 Å². The van der Waals surface area contributed by atoms with Crippen LogP contribution < -0.4 is 5.32 Å². The summed E-state index contributed by atoms with van der Waals surface area (Å²) in [6, 6.07) is 0. The van der Waals surface area contributed by atoms with Gasteiger partial charge in [-0.25, -0.2) is 19.9 Å². The van der Waals surface area contributed by atoms with E-state index in [1.165, 1.54) is 11.8 Å². The van der Waals surface area contributed by atoms with Crippen LogP contribution >= 0.6 is 11.8 Å². The summed E-state index contributed by atoms with van der Waals surface area (Å²) in [5.41, 5.74) is 2.18. The van der Waals surface area contributed by atoms with E-state index >= 15 is 0 Å². The van der Waals surface area contributed by atoms with Crippen LogP contribution in [0.25, 0.3) is 0 Å². The van der Waals surface area contributed by atoms with Crippen molar-refractivity contribution in [1.82, 2.24) is 19.9 Å². The van der Waals surface area contributed by atoms with Crippen LogP contribution in [0.15, 0.2) is 28.9 Å². The Morgan fingerprint density at radius 1 is 1.14 bits per heavy atom. The molecule has 2 aromatic rings. The fourth-order valence-electron chi connectivity index (χ4n) is 1.89. The largest absolute Gasteiger partial charge is 0.370 e. The van der Waals surface area contributed by atoms with Crippen molar-refractivity contribution >= 4 is 17.6 Å². The van der Waals surface area contributed by atoms with E-state index in [9.17, 15) is 0 Å². The third-order valence-electron chi connectivity index (χ3n) is 2.91. The van der Waals surface area contributed by atoms with E-state index in [0.717, 1.165) is 34.9 Å². The number of hydrogen-bond acceptors (Lipinski definition) is 6. The molecule has 2 aromatic heterocycles. The highest BCUT2D eigenvalue weighted by atomic mass is 32.2. The van der Waals surface area contributed by atoms with Crippen LogP contribution in [0.3, 0.4) is 0 Å². The maximum absolute atomic E-state index is 4.42. The number of aromatic nitrogens is 4. The summed E-state index contributed by atoms with van der Waals surface area (Å²) in [6.45, 7) is 9.32. The zero-order chi connectivity index (χ0) is 15.2. The highest BCUT2D eigenvalue weighted by Gasteiger charge is 2.16. The molecular formula is C15H21N5S. The van der Waals surface area contributed by atoms with Gasteiger partial charge in [0.2, 0.25) is 0 Å². The Morgan fingerprint density at radius 2 is 1.86 bits per heavy atom. The summed E-state index contributed by atoms with van der Waals surface area (Å²) >= 11 is 1.49. The Bertz CT molecular complexity index is 583. The lowest BCUT2D eigenvalue weighted by molar-refractivity contribution is 0.797. The molecule has 0 radical (unpaired) electrons. The van der Waals surface area contributed by atoms with Gasteiger partial charge in [0, 0.05) is 24.5 Å². The second kappa shape index (κ2) is 7.36. The van der Waals surface area contributed by atoms with Crippen molar-refractivity contribution in [2.75, 3.05) is 11.9 Å². The minimum absolute atomic E-state index is 0.332. The number of hydrogen-bond donors (Lipinski definition) is 1. The molecule has 5 nitrogen and oxygen atoms in total. The summed E-state index contributed by atoms with van der Waals surface area (Å²) in [5.74, 6) is 1.25. The molecule has 0 atom stereocenters. The van der Waals surface area contributed by atoms with Crippen molar-refractivity contribution in [2.24, 2.45) is 0 Å². The molecule has 112 valence electrons. The highest BCUT2D eigenvalue weighted by Crippen LogP contribution is 2.33. The number of aryl methyl sites for hydroxylation is 1. The van der Waals surface area contributed by atoms with Crippen molar-refractivity contribution in [2.45, 2.75) is 50.2 Å². The molecular weight excluding hydrogens is 282 g/mol. The molecule has 6 heteroatoms. The molecule has 0 aromatic carbocycles. The van der Waals surface area contributed by atoms with E-state index in [2.05, 4.69) is 46.0 Å². The first-order valence-corrected chi connectivity index (χ1v) is 7.98. The predicted molar refractivity (Wildman–Crippen MR) is 85.8 cm³/mol. The van der Waals surface area contributed by atoms with Crippen LogP contribution in [0, 0.1) is 6.92 Å². The molecule has 2 heterocycles. The van der Waals surface area contributed by atoms with Crippen LogP contribution in [0.5, 0.6) is 0 Å². The third kappa shape index (κ3) is 4.14. The monoisotopic (exact) mass is 303 g/mol. The molecule has 0 unspecified atom stereocenters. The number of nitrogens with zero attached hydrogens (tertiary/aromatic N) is 4. The molecule has 0 spiro atoms. The van der Waals surface area contributed by atoms with Crippen LogP contribution in [0.2, 0.25) is 0 Å². The Kier molecular flexibility index (Phi) is 5.50. The van der Waals surface area contributed by atoms with Crippen LogP contribution in [0.4, 0.5) is 5.82 Å². The molecule has 0 fully saturated rings. The van der Waals surface area contributed by atoms with Gasteiger partial charge in [0.25, 0.3) is 0 Å². The van der Waals surface area contributed by atoms with E-state index in [-0.39, 0.29) is 0 Å². The van der Waals surface area contributed by atoms with Gasteiger partial charge in [-0.05, 0) is 36.6 Å². The van der Waals surface area contributed by atoms with E-state index in [1.807, 2.05) is 19.3 Å². The minimum Gasteiger partial charge on any atom is -0.370 e. The van der Waals surface area contributed by atoms with Crippen LogP contribution in [0.1, 0.15) is 44.2 Å². The van der Waals surface area contributed by atoms with Gasteiger partial charge in [-0.2, -0.15) is 0 Å². The van der Waals surface area contributed by atoms with Gasteiger partial charge in [-0.1, -0.05) is 20.8 Å². The first-order valence-electron chi connectivity index (χ1n) is 7.17. The van der Waals surface area contributed by atoms with Crippen LogP contribution in [-0.2, 0) is 0 Å². The van der Waals surface area contributed by atoms with Crippen molar-refractivity contribution in [3.63, 3.8) is 0 Å². The van der Waals surface area contributed by atoms with Gasteiger partial charge >= 0.3 is 0 Å². The molecule has 0 saturated heterocycles. The average Bonchev–Trinajstić information content (AvgIpc) is 2.47. The maximum atomic E-state index is 4.42. The van der Waals surface area contributed by atoms with Gasteiger partial charge in [-0.15, -0.1) is 0 Å². The van der Waals surface area contributed by atoms with E-state index < -0.39 is 0 Å². The normalized spacial score (nSPS) is 10.9. The number of anilines is 1. The highest BCUT2D eigenvalue weighted by molar-refractivity contribution is 7.99. The lowest BCUT2D eigenvalue weighted by Gasteiger charge is -2.15. The molecule has 0 amide bonds. The summed E-state index contributed by atoms with van der Waals surface area (Å²) in [4.78, 5) is 17.5. The van der Waals surface area contributed by atoms with Crippen molar-refractivity contribution in [1.29, 1.82) is 0 Å². The standard InChI is InChI=1S/C15H21N5S/c1-5-6-16-13-12(10(2)3)14(20-9-19-13)21-15-17-7-11(4)8-18-15/h7-10H,5-6H2,1-4H3,(H,16,19,20). The fourth-order valence-corrected chi connectivity index (χ4v) is 2.81. The molecule has 0 bridgehead atoms. The van der Waals surface area contributed by atoms with Crippen molar-refractivity contribution < 1.29 is 0 Å². The van der Waals surface area contributed by atoms with Gasteiger partial charge in [0.15, 0.2) is 5.16 Å². The van der Waals surface area contributed by atoms with Gasteiger partial charge in [-0.3, -0.25) is 0 Å². The van der Waals surface area contributed by atoms with Crippen molar-refractivity contribution in [3.05, 3.63) is 29.8 Å². The molecule has 0 aliphatic carbocycles. The third-order valence-corrected chi connectivity index (χ3v) is 3.82. The molecule has 0 aliphatic heterocycles. The average molecular weight is 303 g/mol. The Balaban J connectivity index is 2.31. The second-order valence-electron chi connectivity index (χ2n) is 5.17. The first kappa shape index (κ1) is 15.7. The molecule has 1 N–H and O–H groups in total. The summed E-state index contributed by atoms with van der Waals surface area (Å²) < 4.78 is 0. The summed E-state index contributed by atoms with van der Waals surface area (Å²) in [5, 5.41) is 5.00. The van der Waals surface area contributed by atoms with Crippen molar-refractivity contribution in [3.8, 4) is 0 Å². The smallest absolute Gasteiger partial charge is 0.193 e. The minimum atomic E-state index is 0.332. The lowest BCUT2D eigenvalue weighted by Crippen LogP contribution is -2.08. The Morgan fingerprint density at radius 3 is 2.48 bits per heavy atom. The number of rotatable bonds is 6. The van der Waals surface area contributed by atoms with Gasteiger partial charge in [0.1, 0.15) is 17.2 Å². The zero-order valence-corrected chi connectivity index (χ0v) is 13.7.